The monoisotopic (exact) mass is 278 g/mol. The Balaban J connectivity index is 2.41. The number of nitrogens with one attached hydrogen (secondary N) is 1. The summed E-state index contributed by atoms with van der Waals surface area (Å²) in [4.78, 5) is 17.5. The molecule has 20 heavy (non-hydrogen) atoms. The number of rotatable bonds is 5. The Kier molecular flexibility index (Phi) is 4.42. The van der Waals surface area contributed by atoms with Crippen molar-refractivity contribution in [1.82, 2.24) is 4.98 Å². The molecule has 0 saturated carbocycles. The van der Waals surface area contributed by atoms with Crippen LogP contribution in [0.1, 0.15) is 33.6 Å². The van der Waals surface area contributed by atoms with Crippen molar-refractivity contribution in [3.63, 3.8) is 0 Å². The summed E-state index contributed by atoms with van der Waals surface area (Å²) in [6.07, 6.45) is 2.13. The second-order valence-electron chi connectivity index (χ2n) is 5.47. The zero-order valence-corrected chi connectivity index (χ0v) is 12.3. The fourth-order valence-electron chi connectivity index (χ4n) is 2.82. The summed E-state index contributed by atoms with van der Waals surface area (Å²) in [7, 11) is 0. The van der Waals surface area contributed by atoms with Crippen LogP contribution in [0.2, 0.25) is 0 Å². The zero-order chi connectivity index (χ0) is 14.7. The van der Waals surface area contributed by atoms with Crippen molar-refractivity contribution < 1.29 is 4.92 Å². The molecule has 1 fully saturated rings. The highest BCUT2D eigenvalue weighted by Gasteiger charge is 2.32. The number of anilines is 2. The topological polar surface area (TPSA) is 71.3 Å². The highest BCUT2D eigenvalue weighted by Crippen LogP contribution is 2.35. The molecule has 1 N–H and O–H groups in total. The molecule has 0 aliphatic carbocycles. The van der Waals surface area contributed by atoms with Crippen LogP contribution in [0.25, 0.3) is 0 Å². The van der Waals surface area contributed by atoms with Crippen LogP contribution in [-0.2, 0) is 0 Å². The highest BCUT2D eigenvalue weighted by atomic mass is 16.6. The first kappa shape index (κ1) is 14.6. The number of hydrogen-bond acceptors (Lipinski definition) is 5. The van der Waals surface area contributed by atoms with Crippen molar-refractivity contribution in [3.05, 3.63) is 22.2 Å². The predicted octanol–water partition coefficient (Wildman–Crippen LogP) is 3.05. The molecule has 0 radical (unpaired) electrons. The van der Waals surface area contributed by atoms with Crippen LogP contribution in [0.5, 0.6) is 0 Å². The van der Waals surface area contributed by atoms with Crippen LogP contribution in [0.4, 0.5) is 17.3 Å². The summed E-state index contributed by atoms with van der Waals surface area (Å²) in [6, 6.07) is 3.56. The summed E-state index contributed by atoms with van der Waals surface area (Å²) in [5.41, 5.74) is 0.0965. The SMILES string of the molecule is CCNc1ccc([N+](=O)[O-])c(N2CCCC2C(C)C)n1. The standard InChI is InChI=1S/C14H22N4O2/c1-4-15-13-8-7-12(18(19)20)14(16-13)17-9-5-6-11(17)10(2)3/h7-8,10-11H,4-6,9H2,1-3H3,(H,15,16). The van der Waals surface area contributed by atoms with Crippen molar-refractivity contribution in [2.24, 2.45) is 5.92 Å². The van der Waals surface area contributed by atoms with Gasteiger partial charge in [-0.1, -0.05) is 13.8 Å². The molecule has 1 atom stereocenters. The lowest BCUT2D eigenvalue weighted by Crippen LogP contribution is -2.34. The summed E-state index contributed by atoms with van der Waals surface area (Å²) in [5, 5.41) is 14.4. The number of nitro groups is 1. The van der Waals surface area contributed by atoms with Crippen molar-refractivity contribution in [1.29, 1.82) is 0 Å². The van der Waals surface area contributed by atoms with Crippen LogP contribution < -0.4 is 10.2 Å². The minimum Gasteiger partial charge on any atom is -0.370 e. The van der Waals surface area contributed by atoms with E-state index in [-0.39, 0.29) is 10.6 Å². The first-order chi connectivity index (χ1) is 9.54. The molecule has 1 unspecified atom stereocenters. The first-order valence-corrected chi connectivity index (χ1v) is 7.20. The maximum Gasteiger partial charge on any atom is 0.311 e. The minimum atomic E-state index is -0.340. The molecule has 0 aromatic carbocycles. The van der Waals surface area contributed by atoms with E-state index in [4.69, 9.17) is 0 Å². The Morgan fingerprint density at radius 2 is 2.30 bits per heavy atom. The highest BCUT2D eigenvalue weighted by molar-refractivity contribution is 5.62. The zero-order valence-electron chi connectivity index (χ0n) is 12.3. The maximum absolute atomic E-state index is 11.2. The molecule has 110 valence electrons. The molecule has 1 aromatic heterocycles. The fourth-order valence-corrected chi connectivity index (χ4v) is 2.82. The molecule has 1 aliphatic heterocycles. The molecular formula is C14H22N4O2. The molecule has 2 heterocycles. The molecule has 1 aliphatic rings. The third kappa shape index (κ3) is 2.84. The van der Waals surface area contributed by atoms with Crippen LogP contribution >= 0.6 is 0 Å². The molecule has 2 rings (SSSR count). The number of hydrogen-bond donors (Lipinski definition) is 1. The minimum absolute atomic E-state index is 0.0965. The molecule has 1 saturated heterocycles. The summed E-state index contributed by atoms with van der Waals surface area (Å²) in [6.45, 7) is 7.88. The van der Waals surface area contributed by atoms with Gasteiger partial charge in [-0.05, 0) is 31.7 Å². The van der Waals surface area contributed by atoms with Gasteiger partial charge >= 0.3 is 5.69 Å². The van der Waals surface area contributed by atoms with Crippen LogP contribution in [0, 0.1) is 16.0 Å². The Morgan fingerprint density at radius 1 is 1.55 bits per heavy atom. The fraction of sp³-hybridized carbons (Fsp3) is 0.643. The lowest BCUT2D eigenvalue weighted by molar-refractivity contribution is -0.384. The van der Waals surface area contributed by atoms with Crippen molar-refractivity contribution in [3.8, 4) is 0 Å². The van der Waals surface area contributed by atoms with Gasteiger partial charge in [0.05, 0.1) is 4.92 Å². The molecular weight excluding hydrogens is 256 g/mol. The van der Waals surface area contributed by atoms with Gasteiger partial charge in [-0.25, -0.2) is 4.98 Å². The third-order valence-electron chi connectivity index (χ3n) is 3.75. The second-order valence-corrected chi connectivity index (χ2v) is 5.47. The van der Waals surface area contributed by atoms with E-state index in [1.807, 2.05) is 6.92 Å². The van der Waals surface area contributed by atoms with E-state index in [0.29, 0.717) is 23.6 Å². The molecule has 1 aromatic rings. The van der Waals surface area contributed by atoms with E-state index < -0.39 is 0 Å². The first-order valence-electron chi connectivity index (χ1n) is 7.20. The van der Waals surface area contributed by atoms with E-state index in [9.17, 15) is 10.1 Å². The molecule has 6 heteroatoms. The van der Waals surface area contributed by atoms with Crippen LogP contribution in [0.15, 0.2) is 12.1 Å². The molecule has 0 amide bonds. The molecule has 0 spiro atoms. The Labute approximate surface area is 119 Å². The van der Waals surface area contributed by atoms with Gasteiger partial charge in [-0.2, -0.15) is 0 Å². The van der Waals surface area contributed by atoms with E-state index >= 15 is 0 Å². The third-order valence-corrected chi connectivity index (χ3v) is 3.75. The van der Waals surface area contributed by atoms with Gasteiger partial charge in [0.15, 0.2) is 0 Å². The summed E-state index contributed by atoms with van der Waals surface area (Å²) < 4.78 is 0. The normalized spacial score (nSPS) is 18.6. The lowest BCUT2D eigenvalue weighted by atomic mass is 10.0. The lowest BCUT2D eigenvalue weighted by Gasteiger charge is -2.28. The number of aromatic nitrogens is 1. The second kappa shape index (κ2) is 6.07. The number of pyridine rings is 1. The average Bonchev–Trinajstić information content (AvgIpc) is 2.88. The average molecular weight is 278 g/mol. The van der Waals surface area contributed by atoms with Crippen molar-refractivity contribution >= 4 is 17.3 Å². The van der Waals surface area contributed by atoms with E-state index in [0.717, 1.165) is 25.9 Å². The Morgan fingerprint density at radius 3 is 2.90 bits per heavy atom. The van der Waals surface area contributed by atoms with Gasteiger partial charge < -0.3 is 10.2 Å². The quantitative estimate of drug-likeness (QED) is 0.662. The molecule has 0 bridgehead atoms. The Bertz CT molecular complexity index is 490. The number of nitrogens with zero attached hydrogens (tertiary/aromatic N) is 3. The van der Waals surface area contributed by atoms with E-state index in [2.05, 4.69) is 29.0 Å². The largest absolute Gasteiger partial charge is 0.370 e. The van der Waals surface area contributed by atoms with Crippen LogP contribution in [-0.4, -0.2) is 29.0 Å². The summed E-state index contributed by atoms with van der Waals surface area (Å²) in [5.74, 6) is 1.66. The Hall–Kier alpha value is -1.85. The van der Waals surface area contributed by atoms with Crippen LogP contribution in [0.3, 0.4) is 0 Å². The van der Waals surface area contributed by atoms with Gasteiger partial charge in [0, 0.05) is 25.2 Å². The van der Waals surface area contributed by atoms with Crippen molar-refractivity contribution in [2.45, 2.75) is 39.7 Å². The van der Waals surface area contributed by atoms with E-state index in [1.165, 1.54) is 0 Å². The van der Waals surface area contributed by atoms with Gasteiger partial charge in [0.1, 0.15) is 5.82 Å². The molecule has 6 nitrogen and oxygen atoms in total. The van der Waals surface area contributed by atoms with E-state index in [1.54, 1.807) is 12.1 Å². The van der Waals surface area contributed by atoms with Gasteiger partial charge in [0.2, 0.25) is 5.82 Å². The maximum atomic E-state index is 11.2. The predicted molar refractivity (Wildman–Crippen MR) is 80.3 cm³/mol. The van der Waals surface area contributed by atoms with Crippen molar-refractivity contribution in [2.75, 3.05) is 23.3 Å². The van der Waals surface area contributed by atoms with Gasteiger partial charge in [-0.15, -0.1) is 0 Å². The smallest absolute Gasteiger partial charge is 0.311 e. The van der Waals surface area contributed by atoms with Gasteiger partial charge in [-0.3, -0.25) is 10.1 Å². The summed E-state index contributed by atoms with van der Waals surface area (Å²) >= 11 is 0. The van der Waals surface area contributed by atoms with Gasteiger partial charge in [0.25, 0.3) is 0 Å².